The number of nitrogens with one attached hydrogen (secondary N) is 1. The van der Waals surface area contributed by atoms with Gasteiger partial charge in [-0.3, -0.25) is 0 Å². The van der Waals surface area contributed by atoms with E-state index >= 15 is 0 Å². The van der Waals surface area contributed by atoms with Gasteiger partial charge in [-0.1, -0.05) is 13.3 Å². The Kier molecular flexibility index (Phi) is 6.32. The highest BCUT2D eigenvalue weighted by Crippen LogP contribution is 2.09. The van der Waals surface area contributed by atoms with Crippen LogP contribution in [-0.4, -0.2) is 41.8 Å². The first-order chi connectivity index (χ1) is 6.87. The molecule has 0 aromatic carbocycles. The molecule has 0 bridgehead atoms. The summed E-state index contributed by atoms with van der Waals surface area (Å²) in [6.45, 7) is 8.00. The lowest BCUT2D eigenvalue weighted by Gasteiger charge is -2.27. The minimum atomic E-state index is -0.948. The maximum atomic E-state index is 10.5. The molecule has 15 heavy (non-hydrogen) atoms. The predicted molar refractivity (Wildman–Crippen MR) is 62.3 cm³/mol. The fourth-order valence-electron chi connectivity index (χ4n) is 1.36. The van der Waals surface area contributed by atoms with Gasteiger partial charge in [0, 0.05) is 12.1 Å². The zero-order valence-corrected chi connectivity index (χ0v) is 10.3. The van der Waals surface area contributed by atoms with Gasteiger partial charge < -0.3 is 15.3 Å². The average molecular weight is 216 g/mol. The number of amides is 1. The van der Waals surface area contributed by atoms with Crippen LogP contribution < -0.4 is 5.32 Å². The molecular formula is C11H24N2O2. The standard InChI is InChI=1S/C11H24N2O2/c1-5-6-8-13(4)9-7-11(2,3)12-10(14)15/h12H,5-9H2,1-4H3,(H,14,15). The Labute approximate surface area is 92.7 Å². The molecule has 0 unspecified atom stereocenters. The van der Waals surface area contributed by atoms with Gasteiger partial charge in [-0.05, 0) is 40.3 Å². The van der Waals surface area contributed by atoms with Gasteiger partial charge >= 0.3 is 6.09 Å². The van der Waals surface area contributed by atoms with E-state index in [-0.39, 0.29) is 5.54 Å². The van der Waals surface area contributed by atoms with Crippen molar-refractivity contribution in [1.29, 1.82) is 0 Å². The third-order valence-electron chi connectivity index (χ3n) is 2.46. The molecule has 0 aromatic heterocycles. The van der Waals surface area contributed by atoms with Crippen molar-refractivity contribution in [3.8, 4) is 0 Å². The molecule has 0 spiro atoms. The number of unbranched alkanes of at least 4 members (excludes halogenated alkanes) is 1. The van der Waals surface area contributed by atoms with Crippen molar-refractivity contribution < 1.29 is 9.90 Å². The van der Waals surface area contributed by atoms with Crippen LogP contribution in [0.25, 0.3) is 0 Å². The molecule has 0 radical (unpaired) electrons. The lowest BCUT2D eigenvalue weighted by atomic mass is 10.0. The van der Waals surface area contributed by atoms with Crippen LogP contribution in [0.5, 0.6) is 0 Å². The van der Waals surface area contributed by atoms with Crippen LogP contribution >= 0.6 is 0 Å². The lowest BCUT2D eigenvalue weighted by molar-refractivity contribution is 0.177. The molecule has 4 nitrogen and oxygen atoms in total. The highest BCUT2D eigenvalue weighted by Gasteiger charge is 2.19. The van der Waals surface area contributed by atoms with Crippen LogP contribution in [0.3, 0.4) is 0 Å². The topological polar surface area (TPSA) is 52.6 Å². The molecular weight excluding hydrogens is 192 g/mol. The van der Waals surface area contributed by atoms with Crippen molar-refractivity contribution in [1.82, 2.24) is 10.2 Å². The van der Waals surface area contributed by atoms with Gasteiger partial charge in [0.15, 0.2) is 0 Å². The van der Waals surface area contributed by atoms with E-state index in [1.165, 1.54) is 12.8 Å². The fraction of sp³-hybridized carbons (Fsp3) is 0.909. The van der Waals surface area contributed by atoms with Crippen molar-refractivity contribution in [2.45, 2.75) is 45.6 Å². The molecule has 0 heterocycles. The van der Waals surface area contributed by atoms with Crippen molar-refractivity contribution in [2.24, 2.45) is 0 Å². The Morgan fingerprint density at radius 1 is 1.40 bits per heavy atom. The normalized spacial score (nSPS) is 11.8. The van der Waals surface area contributed by atoms with Crippen LogP contribution in [0.1, 0.15) is 40.0 Å². The molecule has 0 aliphatic carbocycles. The number of carboxylic acid groups (broad SMARTS) is 1. The Bertz CT molecular complexity index is 193. The van der Waals surface area contributed by atoms with E-state index in [0.29, 0.717) is 0 Å². The van der Waals surface area contributed by atoms with E-state index < -0.39 is 6.09 Å². The van der Waals surface area contributed by atoms with Crippen LogP contribution in [0, 0.1) is 0 Å². The molecule has 2 N–H and O–H groups in total. The zero-order valence-electron chi connectivity index (χ0n) is 10.3. The van der Waals surface area contributed by atoms with Gasteiger partial charge in [0.2, 0.25) is 0 Å². The number of hydrogen-bond acceptors (Lipinski definition) is 2. The minimum absolute atomic E-state index is 0.341. The number of nitrogens with zero attached hydrogens (tertiary/aromatic N) is 1. The molecule has 90 valence electrons. The maximum absolute atomic E-state index is 10.5. The van der Waals surface area contributed by atoms with Crippen LogP contribution in [-0.2, 0) is 0 Å². The van der Waals surface area contributed by atoms with Crippen LogP contribution in [0.2, 0.25) is 0 Å². The maximum Gasteiger partial charge on any atom is 0.405 e. The molecule has 0 saturated heterocycles. The summed E-state index contributed by atoms with van der Waals surface area (Å²) >= 11 is 0. The molecule has 0 aromatic rings. The molecule has 4 heteroatoms. The van der Waals surface area contributed by atoms with Gasteiger partial charge in [-0.15, -0.1) is 0 Å². The quantitative estimate of drug-likeness (QED) is 0.685. The van der Waals surface area contributed by atoms with E-state index in [9.17, 15) is 4.79 Å². The monoisotopic (exact) mass is 216 g/mol. The second-order valence-electron chi connectivity index (χ2n) is 4.72. The number of carbonyl (C=O) groups is 1. The summed E-state index contributed by atoms with van der Waals surface area (Å²) in [5.74, 6) is 0. The van der Waals surface area contributed by atoms with Crippen LogP contribution in [0.4, 0.5) is 4.79 Å². The summed E-state index contributed by atoms with van der Waals surface area (Å²) in [5.41, 5.74) is -0.341. The molecule has 0 fully saturated rings. The predicted octanol–water partition coefficient (Wildman–Crippen LogP) is 2.15. The average Bonchev–Trinajstić information content (AvgIpc) is 2.09. The van der Waals surface area contributed by atoms with E-state index in [0.717, 1.165) is 19.5 Å². The molecule has 0 rings (SSSR count). The van der Waals surface area contributed by atoms with Crippen molar-refractivity contribution in [2.75, 3.05) is 20.1 Å². The smallest absolute Gasteiger partial charge is 0.405 e. The van der Waals surface area contributed by atoms with Gasteiger partial charge in [-0.2, -0.15) is 0 Å². The summed E-state index contributed by atoms with van der Waals surface area (Å²) in [6, 6.07) is 0. The highest BCUT2D eigenvalue weighted by atomic mass is 16.4. The van der Waals surface area contributed by atoms with Gasteiger partial charge in [0.25, 0.3) is 0 Å². The zero-order chi connectivity index (χ0) is 11.9. The second kappa shape index (κ2) is 6.67. The molecule has 0 atom stereocenters. The SMILES string of the molecule is CCCCN(C)CCC(C)(C)NC(=O)O. The van der Waals surface area contributed by atoms with Gasteiger partial charge in [0.1, 0.15) is 0 Å². The summed E-state index contributed by atoms with van der Waals surface area (Å²) in [5, 5.41) is 11.2. The van der Waals surface area contributed by atoms with Crippen molar-refractivity contribution >= 4 is 6.09 Å². The number of rotatable bonds is 7. The summed E-state index contributed by atoms with van der Waals surface area (Å²) < 4.78 is 0. The van der Waals surface area contributed by atoms with Gasteiger partial charge in [-0.25, -0.2) is 4.79 Å². The van der Waals surface area contributed by atoms with Crippen molar-refractivity contribution in [3.63, 3.8) is 0 Å². The molecule has 0 aliphatic rings. The Morgan fingerprint density at radius 2 is 2.00 bits per heavy atom. The third-order valence-corrected chi connectivity index (χ3v) is 2.46. The van der Waals surface area contributed by atoms with E-state index in [1.807, 2.05) is 13.8 Å². The van der Waals surface area contributed by atoms with Gasteiger partial charge in [0.05, 0.1) is 0 Å². The summed E-state index contributed by atoms with van der Waals surface area (Å²) in [7, 11) is 2.08. The lowest BCUT2D eigenvalue weighted by Crippen LogP contribution is -2.44. The molecule has 1 amide bonds. The molecule has 0 aliphatic heterocycles. The molecule has 0 saturated carbocycles. The van der Waals surface area contributed by atoms with Crippen molar-refractivity contribution in [3.05, 3.63) is 0 Å². The largest absolute Gasteiger partial charge is 0.465 e. The van der Waals surface area contributed by atoms with E-state index in [2.05, 4.69) is 24.2 Å². The number of hydrogen-bond donors (Lipinski definition) is 2. The first kappa shape index (κ1) is 14.2. The Hall–Kier alpha value is -0.770. The highest BCUT2D eigenvalue weighted by molar-refractivity contribution is 5.65. The minimum Gasteiger partial charge on any atom is -0.465 e. The van der Waals surface area contributed by atoms with E-state index in [4.69, 9.17) is 5.11 Å². The summed E-state index contributed by atoms with van der Waals surface area (Å²) in [6.07, 6.45) is 2.28. The Balaban J connectivity index is 3.76. The first-order valence-corrected chi connectivity index (χ1v) is 5.57. The third kappa shape index (κ3) is 8.24. The second-order valence-corrected chi connectivity index (χ2v) is 4.72. The fourth-order valence-corrected chi connectivity index (χ4v) is 1.36. The Morgan fingerprint density at radius 3 is 2.47 bits per heavy atom. The van der Waals surface area contributed by atoms with Crippen LogP contribution in [0.15, 0.2) is 0 Å². The van der Waals surface area contributed by atoms with E-state index in [1.54, 1.807) is 0 Å². The summed E-state index contributed by atoms with van der Waals surface area (Å²) in [4.78, 5) is 12.8. The first-order valence-electron chi connectivity index (χ1n) is 5.57.